The molecule has 0 aliphatic carbocycles. The third kappa shape index (κ3) is 3.46. The summed E-state index contributed by atoms with van der Waals surface area (Å²) in [5.74, 6) is -2.39. The molecule has 0 atom stereocenters. The van der Waals surface area contributed by atoms with Gasteiger partial charge in [-0.3, -0.25) is 9.59 Å². The van der Waals surface area contributed by atoms with Crippen LogP contribution in [0.3, 0.4) is 0 Å². The predicted molar refractivity (Wildman–Crippen MR) is 72.0 cm³/mol. The van der Waals surface area contributed by atoms with Crippen molar-refractivity contribution in [2.45, 2.75) is 12.8 Å². The summed E-state index contributed by atoms with van der Waals surface area (Å²) in [6, 6.07) is 6.13. The Bertz CT molecular complexity index is 674. The molecule has 8 heteroatoms. The standard InChI is InChI=1S/C13H13NO6S/c1-21(18,19)8-4-7-11(15)20-14-12(16)9-5-2-3-6-10(9)13(14)17/h2-3,5-6H,4,7-8H2,1H3. The number of rotatable bonds is 5. The molecule has 0 N–H and O–H groups in total. The molecular formula is C13H13NO6S. The van der Waals surface area contributed by atoms with Gasteiger partial charge in [0.2, 0.25) is 0 Å². The smallest absolute Gasteiger partial charge is 0.330 e. The van der Waals surface area contributed by atoms with Crippen molar-refractivity contribution in [3.63, 3.8) is 0 Å². The lowest BCUT2D eigenvalue weighted by Crippen LogP contribution is -2.32. The third-order valence-electron chi connectivity index (χ3n) is 2.85. The molecule has 1 aliphatic rings. The van der Waals surface area contributed by atoms with E-state index in [-0.39, 0.29) is 29.7 Å². The van der Waals surface area contributed by atoms with Crippen molar-refractivity contribution in [3.05, 3.63) is 35.4 Å². The number of hydroxylamine groups is 2. The first-order valence-electron chi connectivity index (χ1n) is 6.16. The van der Waals surface area contributed by atoms with Gasteiger partial charge >= 0.3 is 5.97 Å². The lowest BCUT2D eigenvalue weighted by Gasteiger charge is -2.12. The average molecular weight is 311 g/mol. The second kappa shape index (κ2) is 5.65. The van der Waals surface area contributed by atoms with E-state index in [0.717, 1.165) is 6.26 Å². The van der Waals surface area contributed by atoms with Gasteiger partial charge in [-0.25, -0.2) is 13.2 Å². The van der Waals surface area contributed by atoms with Crippen LogP contribution in [0.2, 0.25) is 0 Å². The maximum absolute atomic E-state index is 11.9. The molecule has 1 aromatic rings. The summed E-state index contributed by atoms with van der Waals surface area (Å²) in [6.07, 6.45) is 0.934. The van der Waals surface area contributed by atoms with Crippen LogP contribution in [-0.4, -0.2) is 43.3 Å². The lowest BCUT2D eigenvalue weighted by molar-refractivity contribution is -0.168. The van der Waals surface area contributed by atoms with Crippen molar-refractivity contribution in [1.29, 1.82) is 0 Å². The molecule has 21 heavy (non-hydrogen) atoms. The van der Waals surface area contributed by atoms with Gasteiger partial charge in [0.05, 0.1) is 16.9 Å². The minimum absolute atomic E-state index is 0.0703. The largest absolute Gasteiger partial charge is 0.333 e. The zero-order valence-electron chi connectivity index (χ0n) is 11.2. The Kier molecular flexibility index (Phi) is 4.08. The fourth-order valence-corrected chi connectivity index (χ4v) is 2.54. The minimum atomic E-state index is -3.17. The van der Waals surface area contributed by atoms with Crippen LogP contribution in [0.25, 0.3) is 0 Å². The normalized spacial score (nSPS) is 14.2. The van der Waals surface area contributed by atoms with E-state index >= 15 is 0 Å². The molecule has 0 saturated heterocycles. The Hall–Kier alpha value is -2.22. The maximum Gasteiger partial charge on any atom is 0.333 e. The van der Waals surface area contributed by atoms with Gasteiger partial charge in [0, 0.05) is 12.7 Å². The number of sulfone groups is 1. The van der Waals surface area contributed by atoms with Gasteiger partial charge in [-0.1, -0.05) is 17.2 Å². The highest BCUT2D eigenvalue weighted by atomic mass is 32.2. The van der Waals surface area contributed by atoms with Crippen LogP contribution >= 0.6 is 0 Å². The fourth-order valence-electron chi connectivity index (χ4n) is 1.88. The van der Waals surface area contributed by atoms with Crippen LogP contribution in [-0.2, 0) is 19.5 Å². The maximum atomic E-state index is 11.9. The molecule has 7 nitrogen and oxygen atoms in total. The van der Waals surface area contributed by atoms with Crippen LogP contribution in [0.15, 0.2) is 24.3 Å². The SMILES string of the molecule is CS(=O)(=O)CCCC(=O)ON1C(=O)c2ccccc2C1=O. The number of carbonyl (C=O) groups excluding carboxylic acids is 3. The zero-order valence-corrected chi connectivity index (χ0v) is 12.1. The minimum Gasteiger partial charge on any atom is -0.330 e. The summed E-state index contributed by atoms with van der Waals surface area (Å²) >= 11 is 0. The van der Waals surface area contributed by atoms with Crippen molar-refractivity contribution in [3.8, 4) is 0 Å². The van der Waals surface area contributed by atoms with Crippen LogP contribution in [0.5, 0.6) is 0 Å². The summed E-state index contributed by atoms with van der Waals surface area (Å²) < 4.78 is 21.9. The Balaban J connectivity index is 1.97. The summed E-state index contributed by atoms with van der Waals surface area (Å²) in [5, 5.41) is 0.410. The first-order chi connectivity index (χ1) is 9.79. The Morgan fingerprint density at radius 2 is 1.67 bits per heavy atom. The van der Waals surface area contributed by atoms with Gasteiger partial charge in [-0.2, -0.15) is 0 Å². The highest BCUT2D eigenvalue weighted by Gasteiger charge is 2.38. The summed E-state index contributed by atoms with van der Waals surface area (Å²) in [7, 11) is -3.17. The number of hydrogen-bond donors (Lipinski definition) is 0. The molecule has 0 unspecified atom stereocenters. The molecule has 0 spiro atoms. The van der Waals surface area contributed by atoms with Gasteiger partial charge in [-0.05, 0) is 18.6 Å². The monoisotopic (exact) mass is 311 g/mol. The van der Waals surface area contributed by atoms with E-state index in [1.165, 1.54) is 12.1 Å². The molecule has 2 amide bonds. The average Bonchev–Trinajstić information content (AvgIpc) is 2.63. The van der Waals surface area contributed by atoms with Gasteiger partial charge in [-0.15, -0.1) is 0 Å². The number of hydrogen-bond acceptors (Lipinski definition) is 6. The van der Waals surface area contributed by atoms with Crippen LogP contribution in [0, 0.1) is 0 Å². The second-order valence-corrected chi connectivity index (χ2v) is 6.91. The van der Waals surface area contributed by atoms with E-state index in [1.807, 2.05) is 0 Å². The van der Waals surface area contributed by atoms with Gasteiger partial charge in [0.1, 0.15) is 9.84 Å². The first-order valence-corrected chi connectivity index (χ1v) is 8.22. The fraction of sp³-hybridized carbons (Fsp3) is 0.308. The molecule has 2 rings (SSSR count). The Morgan fingerprint density at radius 1 is 1.14 bits per heavy atom. The summed E-state index contributed by atoms with van der Waals surface area (Å²) in [4.78, 5) is 40.1. The second-order valence-electron chi connectivity index (χ2n) is 4.65. The quantitative estimate of drug-likeness (QED) is 0.737. The highest BCUT2D eigenvalue weighted by Crippen LogP contribution is 2.22. The number of benzene rings is 1. The Labute approximate surface area is 121 Å². The Morgan fingerprint density at radius 3 is 2.14 bits per heavy atom. The molecule has 0 fully saturated rings. The van der Waals surface area contributed by atoms with E-state index < -0.39 is 27.6 Å². The number of carbonyl (C=O) groups is 3. The lowest BCUT2D eigenvalue weighted by atomic mass is 10.1. The molecule has 0 aromatic heterocycles. The summed E-state index contributed by atoms with van der Waals surface area (Å²) in [6.45, 7) is 0. The van der Waals surface area contributed by atoms with Crippen molar-refractivity contribution in [2.75, 3.05) is 12.0 Å². The highest BCUT2D eigenvalue weighted by molar-refractivity contribution is 7.90. The molecule has 0 saturated carbocycles. The first kappa shape index (κ1) is 15.2. The van der Waals surface area contributed by atoms with E-state index in [0.29, 0.717) is 5.06 Å². The van der Waals surface area contributed by atoms with Crippen molar-refractivity contribution >= 4 is 27.6 Å². The molecule has 1 aromatic carbocycles. The molecule has 1 heterocycles. The van der Waals surface area contributed by atoms with Crippen LogP contribution in [0.1, 0.15) is 33.6 Å². The molecule has 1 aliphatic heterocycles. The molecule has 0 radical (unpaired) electrons. The van der Waals surface area contributed by atoms with Gasteiger partial charge < -0.3 is 4.84 Å². The van der Waals surface area contributed by atoms with Crippen molar-refractivity contribution in [1.82, 2.24) is 5.06 Å². The zero-order chi connectivity index (χ0) is 15.6. The van der Waals surface area contributed by atoms with E-state index in [9.17, 15) is 22.8 Å². The van der Waals surface area contributed by atoms with Gasteiger partial charge in [0.25, 0.3) is 11.8 Å². The van der Waals surface area contributed by atoms with E-state index in [1.54, 1.807) is 12.1 Å². The van der Waals surface area contributed by atoms with Crippen LogP contribution < -0.4 is 0 Å². The topological polar surface area (TPSA) is 97.8 Å². The molecular weight excluding hydrogens is 298 g/mol. The van der Waals surface area contributed by atoms with Crippen LogP contribution in [0.4, 0.5) is 0 Å². The summed E-state index contributed by atoms with van der Waals surface area (Å²) in [5.41, 5.74) is 0.345. The van der Waals surface area contributed by atoms with Crippen molar-refractivity contribution < 1.29 is 27.6 Å². The third-order valence-corrected chi connectivity index (χ3v) is 3.88. The number of amides is 2. The molecule has 112 valence electrons. The predicted octanol–water partition coefficient (Wildman–Crippen LogP) is 0.566. The van der Waals surface area contributed by atoms with E-state index in [2.05, 4.69) is 0 Å². The van der Waals surface area contributed by atoms with Gasteiger partial charge in [0.15, 0.2) is 0 Å². The van der Waals surface area contributed by atoms with Crippen molar-refractivity contribution in [2.24, 2.45) is 0 Å². The number of fused-ring (bicyclic) bond motifs is 1. The molecule has 0 bridgehead atoms. The number of imide groups is 1. The number of nitrogens with zero attached hydrogens (tertiary/aromatic N) is 1. The van der Waals surface area contributed by atoms with E-state index in [4.69, 9.17) is 4.84 Å².